The van der Waals surface area contributed by atoms with Gasteiger partial charge in [0.1, 0.15) is 22.8 Å². The molecule has 4 rings (SSSR count). The van der Waals surface area contributed by atoms with Crippen LogP contribution in [0.4, 0.5) is 10.1 Å². The van der Waals surface area contributed by atoms with E-state index in [2.05, 4.69) is 15.4 Å². The molecule has 0 radical (unpaired) electrons. The van der Waals surface area contributed by atoms with Gasteiger partial charge in [0.05, 0.1) is 17.3 Å². The third-order valence-corrected chi connectivity index (χ3v) is 4.34. The predicted octanol–water partition coefficient (Wildman–Crippen LogP) is 3.46. The average molecular weight is 399 g/mol. The fraction of sp³-hybridized carbons (Fsp3) is 0. The Hall–Kier alpha value is -3.65. The number of aromatic amines is 1. The molecule has 9 heteroatoms. The third-order valence-electron chi connectivity index (χ3n) is 4.10. The maximum atomic E-state index is 13.1. The van der Waals surface area contributed by atoms with E-state index in [-0.39, 0.29) is 11.0 Å². The Bertz CT molecular complexity index is 1260. The lowest BCUT2D eigenvalue weighted by Crippen LogP contribution is -2.23. The standard InChI is InChI=1S/C19H12ClFN4O3/c20-10-2-1-3-12(8-10)23-18(27)15-16(26)14-9-22-25(17(14)24-19(15)28)13-6-4-11(21)5-7-13/h1-9H,(H,23,27)(H2,24,26,28). The molecule has 2 aromatic carbocycles. The zero-order chi connectivity index (χ0) is 19.8. The summed E-state index contributed by atoms with van der Waals surface area (Å²) in [5, 5.41) is 17.7. The number of carbonyl (C=O) groups is 1. The van der Waals surface area contributed by atoms with Gasteiger partial charge >= 0.3 is 0 Å². The Morgan fingerprint density at radius 3 is 2.68 bits per heavy atom. The normalized spacial score (nSPS) is 10.9. The monoisotopic (exact) mass is 398 g/mol. The van der Waals surface area contributed by atoms with Gasteiger partial charge in [0.2, 0.25) is 0 Å². The molecule has 0 unspecified atom stereocenters. The number of rotatable bonds is 3. The largest absolute Gasteiger partial charge is 0.506 e. The highest BCUT2D eigenvalue weighted by molar-refractivity contribution is 6.31. The van der Waals surface area contributed by atoms with Gasteiger partial charge in [-0.1, -0.05) is 17.7 Å². The van der Waals surface area contributed by atoms with Crippen LogP contribution in [-0.2, 0) is 0 Å². The number of anilines is 1. The summed E-state index contributed by atoms with van der Waals surface area (Å²) in [6.07, 6.45) is 1.31. The van der Waals surface area contributed by atoms with Crippen LogP contribution in [0.1, 0.15) is 10.4 Å². The number of H-pyrrole nitrogens is 1. The summed E-state index contributed by atoms with van der Waals surface area (Å²) in [6, 6.07) is 11.8. The summed E-state index contributed by atoms with van der Waals surface area (Å²) >= 11 is 5.88. The third kappa shape index (κ3) is 3.10. The lowest BCUT2D eigenvalue weighted by molar-refractivity contribution is 0.102. The number of hydrogen-bond acceptors (Lipinski definition) is 4. The molecule has 0 fully saturated rings. The Balaban J connectivity index is 1.78. The van der Waals surface area contributed by atoms with Crippen molar-refractivity contribution in [3.05, 3.63) is 81.5 Å². The average Bonchev–Trinajstić information content (AvgIpc) is 3.06. The van der Waals surface area contributed by atoms with E-state index >= 15 is 0 Å². The quantitative estimate of drug-likeness (QED) is 0.492. The van der Waals surface area contributed by atoms with Crippen LogP contribution in [0, 0.1) is 5.82 Å². The molecule has 3 N–H and O–H groups in total. The second-order valence-corrected chi connectivity index (χ2v) is 6.37. The molecule has 0 saturated carbocycles. The number of nitrogens with zero attached hydrogens (tertiary/aromatic N) is 2. The minimum atomic E-state index is -0.798. The van der Waals surface area contributed by atoms with Crippen LogP contribution >= 0.6 is 11.6 Å². The summed E-state index contributed by atoms with van der Waals surface area (Å²) in [7, 11) is 0. The van der Waals surface area contributed by atoms with Gasteiger partial charge in [-0.25, -0.2) is 9.07 Å². The summed E-state index contributed by atoms with van der Waals surface area (Å²) in [5.41, 5.74) is -0.228. The summed E-state index contributed by atoms with van der Waals surface area (Å²) in [4.78, 5) is 27.5. The lowest BCUT2D eigenvalue weighted by atomic mass is 10.2. The van der Waals surface area contributed by atoms with Crippen LogP contribution in [-0.4, -0.2) is 25.8 Å². The van der Waals surface area contributed by atoms with E-state index in [0.717, 1.165) is 0 Å². The highest BCUT2D eigenvalue weighted by Crippen LogP contribution is 2.27. The molecule has 0 spiro atoms. The van der Waals surface area contributed by atoms with Crippen molar-refractivity contribution in [3.63, 3.8) is 0 Å². The molecule has 0 atom stereocenters. The molecule has 0 saturated heterocycles. The number of nitrogens with one attached hydrogen (secondary N) is 2. The maximum Gasteiger partial charge on any atom is 0.266 e. The molecule has 2 aromatic heterocycles. The number of aromatic nitrogens is 3. The fourth-order valence-corrected chi connectivity index (χ4v) is 2.99. The predicted molar refractivity (Wildman–Crippen MR) is 103 cm³/mol. The lowest BCUT2D eigenvalue weighted by Gasteiger charge is -2.08. The molecule has 0 aliphatic carbocycles. The van der Waals surface area contributed by atoms with Crippen molar-refractivity contribution in [2.75, 3.05) is 5.32 Å². The molecule has 0 aliphatic heterocycles. The van der Waals surface area contributed by atoms with Crippen molar-refractivity contribution in [2.24, 2.45) is 0 Å². The van der Waals surface area contributed by atoms with Gasteiger partial charge in [-0.15, -0.1) is 0 Å². The molecular weight excluding hydrogens is 387 g/mol. The van der Waals surface area contributed by atoms with Crippen LogP contribution in [0.25, 0.3) is 16.7 Å². The molecule has 0 bridgehead atoms. The van der Waals surface area contributed by atoms with Crippen molar-refractivity contribution in [1.29, 1.82) is 0 Å². The van der Waals surface area contributed by atoms with Gasteiger partial charge in [-0.2, -0.15) is 5.10 Å². The fourth-order valence-electron chi connectivity index (χ4n) is 2.80. The van der Waals surface area contributed by atoms with E-state index in [4.69, 9.17) is 11.6 Å². The maximum absolute atomic E-state index is 13.1. The van der Waals surface area contributed by atoms with Crippen molar-refractivity contribution in [3.8, 4) is 11.4 Å². The number of pyridine rings is 1. The molecule has 4 aromatic rings. The Morgan fingerprint density at radius 1 is 1.21 bits per heavy atom. The van der Waals surface area contributed by atoms with E-state index < -0.39 is 28.6 Å². The van der Waals surface area contributed by atoms with Gasteiger partial charge in [-0.3, -0.25) is 9.59 Å². The molecule has 2 heterocycles. The van der Waals surface area contributed by atoms with Gasteiger partial charge in [0.25, 0.3) is 11.5 Å². The van der Waals surface area contributed by atoms with E-state index in [0.29, 0.717) is 16.4 Å². The highest BCUT2D eigenvalue weighted by atomic mass is 35.5. The Labute approximate surface area is 162 Å². The first-order valence-electron chi connectivity index (χ1n) is 8.10. The van der Waals surface area contributed by atoms with Crippen molar-refractivity contribution < 1.29 is 14.3 Å². The summed E-state index contributed by atoms with van der Waals surface area (Å²) in [5.74, 6) is -1.72. The number of halogens is 2. The molecule has 140 valence electrons. The highest BCUT2D eigenvalue weighted by Gasteiger charge is 2.22. The summed E-state index contributed by atoms with van der Waals surface area (Å²) in [6.45, 7) is 0. The zero-order valence-electron chi connectivity index (χ0n) is 14.1. The second-order valence-electron chi connectivity index (χ2n) is 5.94. The first kappa shape index (κ1) is 17.7. The van der Waals surface area contributed by atoms with Crippen LogP contribution in [0.2, 0.25) is 5.02 Å². The smallest absolute Gasteiger partial charge is 0.266 e. The van der Waals surface area contributed by atoms with Gasteiger partial charge < -0.3 is 15.4 Å². The minimum absolute atomic E-state index is 0.167. The Kier molecular flexibility index (Phi) is 4.32. The molecule has 7 nitrogen and oxygen atoms in total. The van der Waals surface area contributed by atoms with E-state index in [1.807, 2.05) is 0 Å². The second kappa shape index (κ2) is 6.82. The van der Waals surface area contributed by atoms with Crippen LogP contribution < -0.4 is 10.9 Å². The first-order valence-corrected chi connectivity index (χ1v) is 8.47. The number of fused-ring (bicyclic) bond motifs is 1. The van der Waals surface area contributed by atoms with Crippen molar-refractivity contribution in [1.82, 2.24) is 14.8 Å². The van der Waals surface area contributed by atoms with Gasteiger partial charge in [-0.05, 0) is 42.5 Å². The number of amides is 1. The number of benzene rings is 2. The SMILES string of the molecule is O=C(Nc1cccc(Cl)c1)c1c(O)c2cnn(-c3ccc(F)cc3)c2[nH]c1=O. The van der Waals surface area contributed by atoms with Crippen LogP contribution in [0.5, 0.6) is 5.75 Å². The Morgan fingerprint density at radius 2 is 1.96 bits per heavy atom. The molecule has 0 aliphatic rings. The number of hydrogen-bond donors (Lipinski definition) is 3. The first-order chi connectivity index (χ1) is 13.4. The van der Waals surface area contributed by atoms with E-state index in [1.165, 1.54) is 41.2 Å². The summed E-state index contributed by atoms with van der Waals surface area (Å²) < 4.78 is 14.5. The molecule has 1 amide bonds. The zero-order valence-corrected chi connectivity index (χ0v) is 14.9. The van der Waals surface area contributed by atoms with Crippen molar-refractivity contribution >= 4 is 34.2 Å². The van der Waals surface area contributed by atoms with Crippen molar-refractivity contribution in [2.45, 2.75) is 0 Å². The van der Waals surface area contributed by atoms with Crippen LogP contribution in [0.3, 0.4) is 0 Å². The van der Waals surface area contributed by atoms with Crippen LogP contribution in [0.15, 0.2) is 59.5 Å². The number of aromatic hydroxyl groups is 1. The number of carbonyl (C=O) groups excluding carboxylic acids is 1. The topological polar surface area (TPSA) is 100 Å². The molecule has 28 heavy (non-hydrogen) atoms. The van der Waals surface area contributed by atoms with Gasteiger partial charge in [0.15, 0.2) is 0 Å². The van der Waals surface area contributed by atoms with Gasteiger partial charge in [0, 0.05) is 10.7 Å². The minimum Gasteiger partial charge on any atom is -0.506 e. The van der Waals surface area contributed by atoms with E-state index in [9.17, 15) is 19.1 Å². The van der Waals surface area contributed by atoms with E-state index in [1.54, 1.807) is 18.2 Å². The molecular formula is C19H12ClFN4O3.